The van der Waals surface area contributed by atoms with Crippen LogP contribution in [0.4, 0.5) is 0 Å². The molecule has 8 atom stereocenters. The molecule has 2 heteroatoms. The van der Waals surface area contributed by atoms with Crippen molar-refractivity contribution in [3.8, 4) is 0 Å². The summed E-state index contributed by atoms with van der Waals surface area (Å²) < 4.78 is 0. The Labute approximate surface area is 215 Å². The van der Waals surface area contributed by atoms with Crippen LogP contribution in [-0.4, -0.2) is 11.1 Å². The van der Waals surface area contributed by atoms with Crippen LogP contribution >= 0.6 is 0 Å². The van der Waals surface area contributed by atoms with Crippen molar-refractivity contribution in [1.82, 2.24) is 0 Å². The second-order valence-corrected chi connectivity index (χ2v) is 12.8. The Hall–Kier alpha value is -1.57. The smallest absolute Gasteiger partial charge is 0.336 e. The van der Waals surface area contributed by atoms with Gasteiger partial charge >= 0.3 is 5.97 Å². The van der Waals surface area contributed by atoms with Crippen molar-refractivity contribution in [3.05, 3.63) is 41.5 Å². The molecule has 0 aliphatic heterocycles. The highest BCUT2D eigenvalue weighted by molar-refractivity contribution is 5.92. The van der Waals surface area contributed by atoms with Gasteiger partial charge in [-0.2, -0.15) is 0 Å². The number of rotatable bonds is 6. The molecule has 0 spiro atoms. The van der Waals surface area contributed by atoms with Gasteiger partial charge < -0.3 is 5.11 Å². The molecule has 194 valence electrons. The quantitative estimate of drug-likeness (QED) is 0.442. The van der Waals surface area contributed by atoms with Crippen LogP contribution in [0.25, 0.3) is 6.08 Å². The van der Waals surface area contributed by atoms with Gasteiger partial charge in [-0.15, -0.1) is 0 Å². The second-order valence-electron chi connectivity index (χ2n) is 12.8. The maximum atomic E-state index is 11.5. The Morgan fingerprint density at radius 1 is 1.00 bits per heavy atom. The summed E-state index contributed by atoms with van der Waals surface area (Å²) in [6, 6.07) is 7.36. The zero-order valence-corrected chi connectivity index (χ0v) is 21.8. The molecule has 4 aliphatic rings. The maximum absolute atomic E-state index is 11.5. The average Bonchev–Trinajstić information content (AvgIpc) is 3.17. The first-order valence-corrected chi connectivity index (χ1v) is 14.4. The molecular weight excluding hydrogens is 428 g/mol. The van der Waals surface area contributed by atoms with E-state index in [1.54, 1.807) is 12.1 Å². The van der Waals surface area contributed by atoms with Crippen molar-refractivity contribution in [2.75, 3.05) is 0 Å². The van der Waals surface area contributed by atoms with Crippen molar-refractivity contribution in [2.45, 2.75) is 105 Å². The number of hydrogen-bond donors (Lipinski definition) is 1. The Kier molecular flexibility index (Phi) is 7.89. The van der Waals surface area contributed by atoms with E-state index in [2.05, 4.69) is 26.8 Å². The van der Waals surface area contributed by atoms with Gasteiger partial charge in [0, 0.05) is 0 Å². The molecular formula is C33H50O2. The van der Waals surface area contributed by atoms with Crippen LogP contribution in [0.15, 0.2) is 30.3 Å². The molecule has 0 radical (unpaired) electrons. The Morgan fingerprint density at radius 2 is 1.77 bits per heavy atom. The number of carbonyl (C=O) groups is 1. The topological polar surface area (TPSA) is 37.3 Å². The van der Waals surface area contributed by atoms with E-state index in [4.69, 9.17) is 0 Å². The number of fused-ring (bicyclic) bond motifs is 5. The summed E-state index contributed by atoms with van der Waals surface area (Å²) >= 11 is 0. The van der Waals surface area contributed by atoms with Gasteiger partial charge in [-0.05, 0) is 116 Å². The van der Waals surface area contributed by atoms with Gasteiger partial charge in [0.25, 0.3) is 0 Å². The first-order valence-electron chi connectivity index (χ1n) is 14.4. The zero-order valence-electron chi connectivity index (χ0n) is 21.8. The van der Waals surface area contributed by atoms with E-state index < -0.39 is 5.97 Å². The lowest BCUT2D eigenvalue weighted by atomic mass is 9.42. The van der Waals surface area contributed by atoms with E-state index in [9.17, 15) is 9.90 Å². The molecule has 4 saturated carbocycles. The number of hydrogen-bond acceptors (Lipinski definition) is 1. The van der Waals surface area contributed by atoms with Gasteiger partial charge in [0.15, 0.2) is 0 Å². The molecule has 2 nitrogen and oxygen atoms in total. The fourth-order valence-electron chi connectivity index (χ4n) is 9.95. The predicted octanol–water partition coefficient (Wildman–Crippen LogP) is 9.50. The maximum Gasteiger partial charge on any atom is 0.336 e. The molecule has 5 rings (SSSR count). The second kappa shape index (κ2) is 10.4. The molecule has 0 bridgehead atoms. The lowest BCUT2D eigenvalue weighted by Crippen LogP contribution is -2.55. The number of aromatic carboxylic acids is 1. The standard InChI is InChI=1S/C32H46O2.CH4/c1-4-22-21-26-28-17-16-24(13-7-5-11-23-12-6-8-14-25(23)30(33)34)31(28,2)20-18-29(26)32(3)19-10-9-15-27(22)32;/h5-6,8,11-12,14,22,24,26-29H,4,7,9-10,13,15-21H2,1-3H3,(H,33,34);1H4/b11-5+;/t22-,24?,26?,27?,28?,29-,31?,32?;/m0./s1. The monoisotopic (exact) mass is 478 g/mol. The molecule has 35 heavy (non-hydrogen) atoms. The van der Waals surface area contributed by atoms with Gasteiger partial charge in [0.2, 0.25) is 0 Å². The third kappa shape index (κ3) is 4.53. The number of carboxylic acids is 1. The van der Waals surface area contributed by atoms with Gasteiger partial charge in [0.05, 0.1) is 5.56 Å². The molecule has 0 aromatic heterocycles. The molecule has 4 fully saturated rings. The van der Waals surface area contributed by atoms with Crippen LogP contribution in [0.1, 0.15) is 121 Å². The molecule has 1 N–H and O–H groups in total. The van der Waals surface area contributed by atoms with Gasteiger partial charge in [0.1, 0.15) is 0 Å². The lowest BCUT2D eigenvalue weighted by molar-refractivity contribution is -0.135. The highest BCUT2D eigenvalue weighted by Gasteiger charge is 2.60. The molecule has 1 aromatic rings. The number of benzene rings is 1. The SMILES string of the molecule is C.CC[C@H]1CC2C3CCC(CC/C=C/c4ccccc4C(=O)O)C3(C)CC[C@@H]2C2(C)CCCCC12. The molecule has 0 saturated heterocycles. The van der Waals surface area contributed by atoms with E-state index in [0.717, 1.165) is 47.5 Å². The summed E-state index contributed by atoms with van der Waals surface area (Å²) in [5, 5.41) is 9.45. The highest BCUT2D eigenvalue weighted by Crippen LogP contribution is 2.69. The molecule has 0 amide bonds. The van der Waals surface area contributed by atoms with Gasteiger partial charge in [-0.1, -0.05) is 77.8 Å². The summed E-state index contributed by atoms with van der Waals surface area (Å²) in [5.74, 6) is 4.82. The van der Waals surface area contributed by atoms with Crippen LogP contribution < -0.4 is 0 Å². The van der Waals surface area contributed by atoms with Crippen molar-refractivity contribution in [3.63, 3.8) is 0 Å². The van der Waals surface area contributed by atoms with E-state index in [0.29, 0.717) is 16.4 Å². The van der Waals surface area contributed by atoms with Crippen LogP contribution in [0.2, 0.25) is 0 Å². The molecule has 4 aliphatic carbocycles. The lowest BCUT2D eigenvalue weighted by Gasteiger charge is -2.62. The van der Waals surface area contributed by atoms with Crippen LogP contribution in [-0.2, 0) is 0 Å². The van der Waals surface area contributed by atoms with E-state index >= 15 is 0 Å². The van der Waals surface area contributed by atoms with Crippen LogP contribution in [0.3, 0.4) is 0 Å². The first-order chi connectivity index (χ1) is 16.4. The first kappa shape index (κ1) is 26.5. The van der Waals surface area contributed by atoms with E-state index in [1.807, 2.05) is 18.2 Å². The van der Waals surface area contributed by atoms with Gasteiger partial charge in [-0.25, -0.2) is 4.79 Å². The Balaban J connectivity index is 0.00000289. The van der Waals surface area contributed by atoms with Crippen LogP contribution in [0.5, 0.6) is 0 Å². The normalized spacial score (nSPS) is 40.4. The summed E-state index contributed by atoms with van der Waals surface area (Å²) in [6.45, 7) is 7.84. The van der Waals surface area contributed by atoms with Gasteiger partial charge in [-0.3, -0.25) is 0 Å². The minimum atomic E-state index is -0.838. The molecule has 1 aromatic carbocycles. The molecule has 0 heterocycles. The number of allylic oxidation sites excluding steroid dienone is 1. The molecule has 6 unspecified atom stereocenters. The van der Waals surface area contributed by atoms with Crippen molar-refractivity contribution >= 4 is 12.0 Å². The van der Waals surface area contributed by atoms with Crippen molar-refractivity contribution in [1.29, 1.82) is 0 Å². The Bertz CT molecular complexity index is 917. The fourth-order valence-corrected chi connectivity index (χ4v) is 9.95. The minimum Gasteiger partial charge on any atom is -0.478 e. The minimum absolute atomic E-state index is 0. The average molecular weight is 479 g/mol. The largest absolute Gasteiger partial charge is 0.478 e. The summed E-state index contributed by atoms with van der Waals surface area (Å²) in [7, 11) is 0. The fraction of sp³-hybridized carbons (Fsp3) is 0.727. The summed E-state index contributed by atoms with van der Waals surface area (Å²) in [6.07, 6.45) is 21.2. The Morgan fingerprint density at radius 3 is 2.54 bits per heavy atom. The zero-order chi connectivity index (χ0) is 23.9. The van der Waals surface area contributed by atoms with Crippen LogP contribution in [0, 0.1) is 46.3 Å². The third-order valence-electron chi connectivity index (χ3n) is 11.6. The number of carboxylic acid groups (broad SMARTS) is 1. The van der Waals surface area contributed by atoms with Crippen molar-refractivity contribution < 1.29 is 9.90 Å². The summed E-state index contributed by atoms with van der Waals surface area (Å²) in [4.78, 5) is 11.5. The predicted molar refractivity (Wildman–Crippen MR) is 147 cm³/mol. The highest BCUT2D eigenvalue weighted by atomic mass is 16.4. The summed E-state index contributed by atoms with van der Waals surface area (Å²) in [5.41, 5.74) is 2.36. The van der Waals surface area contributed by atoms with Crippen molar-refractivity contribution in [2.24, 2.45) is 46.3 Å². The van der Waals surface area contributed by atoms with E-state index in [-0.39, 0.29) is 7.43 Å². The van der Waals surface area contributed by atoms with E-state index in [1.165, 1.54) is 70.6 Å². The third-order valence-corrected chi connectivity index (χ3v) is 11.6.